The van der Waals surface area contributed by atoms with E-state index in [4.69, 9.17) is 11.1 Å². The number of nitrogens with one attached hydrogen (secondary N) is 2. The minimum absolute atomic E-state index is 0.0801. The number of halogens is 1. The van der Waals surface area contributed by atoms with E-state index in [0.717, 1.165) is 36.2 Å². The van der Waals surface area contributed by atoms with Gasteiger partial charge in [0.1, 0.15) is 22.1 Å². The van der Waals surface area contributed by atoms with Crippen LogP contribution in [0.25, 0.3) is 0 Å². The molecule has 4 N–H and O–H groups in total. The number of aryl methyl sites for hydroxylation is 1. The smallest absolute Gasteiger partial charge is 0.274 e. The van der Waals surface area contributed by atoms with E-state index in [2.05, 4.69) is 10.3 Å². The molecule has 1 aromatic carbocycles. The Morgan fingerprint density at radius 3 is 2.70 bits per heavy atom. The first-order valence-electron chi connectivity index (χ1n) is 9.64. The van der Waals surface area contributed by atoms with Crippen LogP contribution in [0.1, 0.15) is 54.2 Å². The lowest BCUT2D eigenvalue weighted by molar-refractivity contribution is 0.102. The molecule has 1 amide bonds. The molecular weight excluding hydrogens is 407 g/mol. The van der Waals surface area contributed by atoms with Gasteiger partial charge in [0.2, 0.25) is 0 Å². The van der Waals surface area contributed by atoms with Crippen molar-refractivity contribution in [3.63, 3.8) is 0 Å². The quantitative estimate of drug-likeness (QED) is 0.478. The number of sulfone groups is 1. The molecule has 0 saturated carbocycles. The van der Waals surface area contributed by atoms with Crippen molar-refractivity contribution < 1.29 is 17.6 Å². The van der Waals surface area contributed by atoms with Crippen molar-refractivity contribution in [2.24, 2.45) is 5.73 Å². The average Bonchev–Trinajstić information content (AvgIpc) is 2.68. The van der Waals surface area contributed by atoms with Gasteiger partial charge in [0.15, 0.2) is 9.84 Å². The summed E-state index contributed by atoms with van der Waals surface area (Å²) in [6.45, 7) is 2.89. The highest BCUT2D eigenvalue weighted by atomic mass is 32.2. The number of pyridine rings is 1. The Hall–Kier alpha value is -2.81. The zero-order valence-corrected chi connectivity index (χ0v) is 17.7. The normalized spacial score (nSPS) is 16.6. The lowest BCUT2D eigenvalue weighted by Crippen LogP contribution is -2.46. The molecule has 9 heteroatoms. The highest BCUT2D eigenvalue weighted by molar-refractivity contribution is 7.93. The summed E-state index contributed by atoms with van der Waals surface area (Å²) in [6, 6.07) is 7.89. The van der Waals surface area contributed by atoms with Gasteiger partial charge in [-0.2, -0.15) is 0 Å². The molecule has 30 heavy (non-hydrogen) atoms. The molecule has 0 aliphatic heterocycles. The molecule has 1 aliphatic carbocycles. The summed E-state index contributed by atoms with van der Waals surface area (Å²) in [6.07, 6.45) is 3.35. The molecule has 0 radical (unpaired) electrons. The number of amidine groups is 1. The topological polar surface area (TPSA) is 126 Å². The number of nitrogens with zero attached hydrogens (tertiary/aromatic N) is 1. The maximum absolute atomic E-state index is 13.0. The summed E-state index contributed by atoms with van der Waals surface area (Å²) in [5.74, 6) is -1.77. The monoisotopic (exact) mass is 432 g/mol. The largest absolute Gasteiger partial charge is 0.386 e. The second-order valence-corrected chi connectivity index (χ2v) is 10.6. The van der Waals surface area contributed by atoms with Crippen molar-refractivity contribution in [2.45, 2.75) is 43.8 Å². The van der Waals surface area contributed by atoms with Gasteiger partial charge in [-0.25, -0.2) is 17.8 Å². The number of benzene rings is 1. The minimum Gasteiger partial charge on any atom is -0.386 e. The van der Waals surface area contributed by atoms with Crippen molar-refractivity contribution in [2.75, 3.05) is 11.1 Å². The predicted octanol–water partition coefficient (Wildman–Crippen LogP) is 3.02. The number of fused-ring (bicyclic) bond motifs is 1. The van der Waals surface area contributed by atoms with Crippen molar-refractivity contribution in [1.29, 1.82) is 5.41 Å². The van der Waals surface area contributed by atoms with Crippen molar-refractivity contribution in [3.8, 4) is 0 Å². The Balaban J connectivity index is 1.85. The summed E-state index contributed by atoms with van der Waals surface area (Å²) < 4.78 is 37.4. The Labute approximate surface area is 175 Å². The summed E-state index contributed by atoms with van der Waals surface area (Å²) >= 11 is 0. The molecule has 3 rings (SSSR count). The third-order valence-electron chi connectivity index (χ3n) is 5.65. The fraction of sp³-hybridized carbons (Fsp3) is 0.381. The van der Waals surface area contributed by atoms with Crippen LogP contribution in [0.4, 0.5) is 10.1 Å². The Bertz CT molecular complexity index is 1080. The molecule has 1 heterocycles. The van der Waals surface area contributed by atoms with Gasteiger partial charge in [0, 0.05) is 5.69 Å². The van der Waals surface area contributed by atoms with Crippen molar-refractivity contribution in [1.82, 2.24) is 4.98 Å². The van der Waals surface area contributed by atoms with Gasteiger partial charge >= 0.3 is 0 Å². The van der Waals surface area contributed by atoms with Crippen LogP contribution in [0.3, 0.4) is 0 Å². The molecule has 1 aliphatic rings. The summed E-state index contributed by atoms with van der Waals surface area (Å²) in [4.78, 5) is 16.2. The number of hydrogen-bond donors (Lipinski definition) is 3. The predicted molar refractivity (Wildman–Crippen MR) is 114 cm³/mol. The summed E-state index contributed by atoms with van der Waals surface area (Å²) in [5.41, 5.74) is 8.03. The lowest BCUT2D eigenvalue weighted by Gasteiger charge is -2.30. The third-order valence-corrected chi connectivity index (χ3v) is 8.27. The van der Waals surface area contributed by atoms with Crippen LogP contribution < -0.4 is 11.1 Å². The lowest BCUT2D eigenvalue weighted by atomic mass is 9.83. The zero-order valence-electron chi connectivity index (χ0n) is 16.9. The van der Waals surface area contributed by atoms with E-state index in [1.54, 1.807) is 12.1 Å². The van der Waals surface area contributed by atoms with E-state index >= 15 is 0 Å². The first-order chi connectivity index (χ1) is 14.0. The van der Waals surface area contributed by atoms with Gasteiger partial charge in [0.25, 0.3) is 5.91 Å². The Kier molecular flexibility index (Phi) is 5.94. The first-order valence-corrected chi connectivity index (χ1v) is 11.3. The molecule has 0 spiro atoms. The van der Waals surface area contributed by atoms with Crippen LogP contribution in [-0.2, 0) is 16.3 Å². The van der Waals surface area contributed by atoms with E-state index in [0.29, 0.717) is 12.1 Å². The molecule has 1 atom stereocenters. The maximum atomic E-state index is 13.0. The molecule has 0 bridgehead atoms. The molecule has 2 aromatic rings. The molecule has 1 unspecified atom stereocenters. The fourth-order valence-corrected chi connectivity index (χ4v) is 5.12. The van der Waals surface area contributed by atoms with Crippen LogP contribution in [-0.4, -0.2) is 35.6 Å². The first kappa shape index (κ1) is 21.9. The van der Waals surface area contributed by atoms with E-state index < -0.39 is 26.3 Å². The van der Waals surface area contributed by atoms with Crippen LogP contribution >= 0.6 is 0 Å². The minimum atomic E-state index is -3.67. The Morgan fingerprint density at radius 2 is 2.07 bits per heavy atom. The molecular formula is C21H25FN4O3S. The number of anilines is 1. The molecule has 7 nitrogen and oxygen atoms in total. The van der Waals surface area contributed by atoms with E-state index in [-0.39, 0.29) is 23.2 Å². The van der Waals surface area contributed by atoms with Crippen molar-refractivity contribution in [3.05, 3.63) is 59.2 Å². The van der Waals surface area contributed by atoms with Gasteiger partial charge in [-0.1, -0.05) is 6.07 Å². The highest BCUT2D eigenvalue weighted by Gasteiger charge is 2.40. The second kappa shape index (κ2) is 8.14. The molecule has 0 saturated heterocycles. The third kappa shape index (κ3) is 4.35. The number of carbonyl (C=O) groups is 1. The number of rotatable bonds is 6. The van der Waals surface area contributed by atoms with Crippen LogP contribution in [0.2, 0.25) is 0 Å². The maximum Gasteiger partial charge on any atom is 0.274 e. The number of carbonyl (C=O) groups excluding carboxylic acids is 1. The van der Waals surface area contributed by atoms with E-state index in [9.17, 15) is 17.6 Å². The number of nitrogens with two attached hydrogens (primary N) is 1. The Morgan fingerprint density at radius 1 is 1.33 bits per heavy atom. The van der Waals surface area contributed by atoms with Crippen LogP contribution in [0, 0.1) is 11.2 Å². The van der Waals surface area contributed by atoms with Gasteiger partial charge in [0.05, 0.1) is 11.9 Å². The number of hydrogen-bond acceptors (Lipinski definition) is 5. The highest BCUT2D eigenvalue weighted by Crippen LogP contribution is 2.36. The fourth-order valence-electron chi connectivity index (χ4n) is 3.49. The summed E-state index contributed by atoms with van der Waals surface area (Å²) in [5, 5.41) is 10.4. The molecule has 0 fully saturated rings. The van der Waals surface area contributed by atoms with Gasteiger partial charge in [-0.05, 0) is 74.4 Å². The van der Waals surface area contributed by atoms with E-state index in [1.807, 2.05) is 6.07 Å². The van der Waals surface area contributed by atoms with Gasteiger partial charge in [-0.3, -0.25) is 10.2 Å². The van der Waals surface area contributed by atoms with Crippen LogP contribution in [0.5, 0.6) is 0 Å². The van der Waals surface area contributed by atoms with Gasteiger partial charge in [-0.15, -0.1) is 0 Å². The van der Waals surface area contributed by atoms with Crippen LogP contribution in [0.15, 0.2) is 36.5 Å². The van der Waals surface area contributed by atoms with E-state index in [1.165, 1.54) is 19.9 Å². The second-order valence-electron chi connectivity index (χ2n) is 8.02. The van der Waals surface area contributed by atoms with Gasteiger partial charge < -0.3 is 11.1 Å². The zero-order chi connectivity index (χ0) is 22.1. The standard InChI is InChI=1S/C21H25FN4O3S/c1-21(2,20(23)24)30(28,29)12-14-5-3-4-13-6-8-16(10-17(13)14)26-19(27)18-9-7-15(22)11-25-18/h6-11,14H,3-5,12H2,1-2H3,(H3,23,24)(H,26,27). The average molecular weight is 433 g/mol. The number of amides is 1. The van der Waals surface area contributed by atoms with Crippen molar-refractivity contribution >= 4 is 27.3 Å². The number of aromatic nitrogens is 1. The molecule has 160 valence electrons. The molecule has 1 aromatic heterocycles. The summed E-state index contributed by atoms with van der Waals surface area (Å²) in [7, 11) is -3.67. The SMILES string of the molecule is CC(C)(C(=N)N)S(=O)(=O)CC1CCCc2ccc(NC(=O)c3ccc(F)cn3)cc21.